The van der Waals surface area contributed by atoms with Gasteiger partial charge < -0.3 is 15.6 Å². The summed E-state index contributed by atoms with van der Waals surface area (Å²) in [5.74, 6) is -0.119. The van der Waals surface area contributed by atoms with Crippen molar-refractivity contribution in [3.63, 3.8) is 0 Å². The average molecular weight is 242 g/mol. The summed E-state index contributed by atoms with van der Waals surface area (Å²) in [6.07, 6.45) is 2.16. The lowest BCUT2D eigenvalue weighted by molar-refractivity contribution is -0.121. The highest BCUT2D eigenvalue weighted by Gasteiger charge is 2.07. The Kier molecular flexibility index (Phi) is 3.49. The van der Waals surface area contributed by atoms with Crippen LogP contribution in [0.4, 0.5) is 5.69 Å². The minimum atomic E-state index is -0.119. The molecule has 0 fully saturated rings. The number of benzene rings is 1. The molecule has 0 saturated heterocycles. The molecule has 0 bridgehead atoms. The van der Waals surface area contributed by atoms with Gasteiger partial charge in [-0.2, -0.15) is 5.26 Å². The molecule has 1 amide bonds. The van der Waals surface area contributed by atoms with Crippen LogP contribution >= 0.6 is 0 Å². The van der Waals surface area contributed by atoms with E-state index in [0.717, 1.165) is 10.9 Å². The quantitative estimate of drug-likeness (QED) is 0.625. The number of nitrogen functional groups attached to an aromatic ring is 1. The summed E-state index contributed by atoms with van der Waals surface area (Å²) in [7, 11) is 0. The summed E-state index contributed by atoms with van der Waals surface area (Å²) in [5.41, 5.74) is 7.43. The minimum Gasteiger partial charge on any atom is -0.397 e. The standard InChI is InChI=1S/C13H14N4O/c14-6-2-7-16-12(18)9-17-8-5-10-3-1-4-11(15)13(10)17/h1,3-5,8H,2,7,9,15H2,(H,16,18). The lowest BCUT2D eigenvalue weighted by Gasteiger charge is -2.07. The molecule has 0 unspecified atom stereocenters. The monoisotopic (exact) mass is 242 g/mol. The number of amides is 1. The molecule has 2 rings (SSSR count). The molecule has 18 heavy (non-hydrogen) atoms. The van der Waals surface area contributed by atoms with E-state index in [-0.39, 0.29) is 12.5 Å². The van der Waals surface area contributed by atoms with Crippen molar-refractivity contribution in [2.45, 2.75) is 13.0 Å². The number of nitrogens with one attached hydrogen (secondary N) is 1. The fourth-order valence-corrected chi connectivity index (χ4v) is 1.89. The number of hydrogen-bond donors (Lipinski definition) is 2. The predicted octanol–water partition coefficient (Wildman–Crippen LogP) is 1.25. The number of rotatable bonds is 4. The number of para-hydroxylation sites is 1. The molecule has 0 aliphatic rings. The van der Waals surface area contributed by atoms with E-state index in [1.165, 1.54) is 0 Å². The molecule has 92 valence electrons. The Bertz CT molecular complexity index is 609. The number of nitrogens with zero attached hydrogens (tertiary/aromatic N) is 2. The summed E-state index contributed by atoms with van der Waals surface area (Å²) >= 11 is 0. The van der Waals surface area contributed by atoms with Crippen LogP contribution in [0.5, 0.6) is 0 Å². The van der Waals surface area contributed by atoms with Gasteiger partial charge in [0.2, 0.25) is 5.91 Å². The lowest BCUT2D eigenvalue weighted by atomic mass is 10.2. The number of hydrogen-bond acceptors (Lipinski definition) is 3. The fraction of sp³-hybridized carbons (Fsp3) is 0.231. The number of carbonyl (C=O) groups is 1. The second kappa shape index (κ2) is 5.23. The highest BCUT2D eigenvalue weighted by molar-refractivity contribution is 5.91. The second-order valence-corrected chi connectivity index (χ2v) is 3.99. The summed E-state index contributed by atoms with van der Waals surface area (Å²) in [5, 5.41) is 12.1. The second-order valence-electron chi connectivity index (χ2n) is 3.99. The third kappa shape index (κ3) is 2.43. The van der Waals surface area contributed by atoms with Crippen LogP contribution < -0.4 is 11.1 Å². The largest absolute Gasteiger partial charge is 0.397 e. The molecular formula is C13H14N4O. The smallest absolute Gasteiger partial charge is 0.239 e. The van der Waals surface area contributed by atoms with Gasteiger partial charge in [-0.1, -0.05) is 12.1 Å². The zero-order valence-corrected chi connectivity index (χ0v) is 9.89. The van der Waals surface area contributed by atoms with Crippen molar-refractivity contribution in [1.29, 1.82) is 5.26 Å². The summed E-state index contributed by atoms with van der Waals surface area (Å²) in [6, 6.07) is 9.55. The van der Waals surface area contributed by atoms with Crippen LogP contribution in [0.1, 0.15) is 6.42 Å². The van der Waals surface area contributed by atoms with Crippen molar-refractivity contribution in [2.24, 2.45) is 0 Å². The highest BCUT2D eigenvalue weighted by Crippen LogP contribution is 2.21. The van der Waals surface area contributed by atoms with Crippen molar-refractivity contribution in [3.8, 4) is 6.07 Å². The van der Waals surface area contributed by atoms with Gasteiger partial charge in [0.25, 0.3) is 0 Å². The topological polar surface area (TPSA) is 83.8 Å². The lowest BCUT2D eigenvalue weighted by Crippen LogP contribution is -2.28. The Balaban J connectivity index is 2.13. The summed E-state index contributed by atoms with van der Waals surface area (Å²) in [4.78, 5) is 11.7. The van der Waals surface area contributed by atoms with E-state index >= 15 is 0 Å². The van der Waals surface area contributed by atoms with Gasteiger partial charge >= 0.3 is 0 Å². The predicted molar refractivity (Wildman–Crippen MR) is 69.6 cm³/mol. The molecule has 5 heteroatoms. The van der Waals surface area contributed by atoms with Crippen LogP contribution in [0.3, 0.4) is 0 Å². The van der Waals surface area contributed by atoms with E-state index in [4.69, 9.17) is 11.0 Å². The van der Waals surface area contributed by atoms with E-state index < -0.39 is 0 Å². The number of anilines is 1. The van der Waals surface area contributed by atoms with Crippen LogP contribution in [0.2, 0.25) is 0 Å². The van der Waals surface area contributed by atoms with Gasteiger partial charge in [0, 0.05) is 18.1 Å². The Labute approximate surface area is 105 Å². The molecule has 0 spiro atoms. The molecule has 2 aromatic rings. The molecule has 5 nitrogen and oxygen atoms in total. The van der Waals surface area contributed by atoms with Gasteiger partial charge in [0.15, 0.2) is 0 Å². The van der Waals surface area contributed by atoms with Gasteiger partial charge in [-0.15, -0.1) is 0 Å². The molecule has 0 saturated carbocycles. The Morgan fingerprint density at radius 2 is 2.28 bits per heavy atom. The van der Waals surface area contributed by atoms with Crippen molar-refractivity contribution in [3.05, 3.63) is 30.5 Å². The Morgan fingerprint density at radius 1 is 1.44 bits per heavy atom. The molecule has 3 N–H and O–H groups in total. The van der Waals surface area contributed by atoms with E-state index in [0.29, 0.717) is 18.7 Å². The van der Waals surface area contributed by atoms with E-state index in [9.17, 15) is 4.79 Å². The number of aromatic nitrogens is 1. The van der Waals surface area contributed by atoms with Gasteiger partial charge in [0.05, 0.1) is 23.7 Å². The maximum absolute atomic E-state index is 11.7. The van der Waals surface area contributed by atoms with Crippen molar-refractivity contribution in [2.75, 3.05) is 12.3 Å². The normalized spacial score (nSPS) is 10.2. The third-order valence-electron chi connectivity index (χ3n) is 2.69. The van der Waals surface area contributed by atoms with Crippen molar-refractivity contribution < 1.29 is 4.79 Å². The molecule has 1 aromatic carbocycles. The number of fused-ring (bicyclic) bond motifs is 1. The molecular weight excluding hydrogens is 228 g/mol. The highest BCUT2D eigenvalue weighted by atomic mass is 16.1. The Morgan fingerprint density at radius 3 is 3.06 bits per heavy atom. The molecule has 1 heterocycles. The van der Waals surface area contributed by atoms with Crippen LogP contribution in [0.15, 0.2) is 30.5 Å². The van der Waals surface area contributed by atoms with Crippen LogP contribution in [0, 0.1) is 11.3 Å². The zero-order chi connectivity index (χ0) is 13.0. The van der Waals surface area contributed by atoms with Gasteiger partial charge in [-0.25, -0.2) is 0 Å². The first-order valence-corrected chi connectivity index (χ1v) is 5.69. The van der Waals surface area contributed by atoms with Crippen LogP contribution in [-0.4, -0.2) is 17.0 Å². The maximum atomic E-state index is 11.7. The first kappa shape index (κ1) is 12.0. The van der Waals surface area contributed by atoms with Gasteiger partial charge in [-0.05, 0) is 12.1 Å². The number of nitrogens with two attached hydrogens (primary N) is 1. The van der Waals surface area contributed by atoms with E-state index in [2.05, 4.69) is 5.32 Å². The van der Waals surface area contributed by atoms with Gasteiger partial charge in [0.1, 0.15) is 6.54 Å². The minimum absolute atomic E-state index is 0.119. The van der Waals surface area contributed by atoms with Crippen molar-refractivity contribution >= 4 is 22.5 Å². The van der Waals surface area contributed by atoms with E-state index in [1.54, 1.807) is 0 Å². The molecule has 1 aromatic heterocycles. The number of carbonyl (C=O) groups excluding carboxylic acids is 1. The van der Waals surface area contributed by atoms with E-state index in [1.807, 2.05) is 41.1 Å². The first-order valence-electron chi connectivity index (χ1n) is 5.69. The zero-order valence-electron chi connectivity index (χ0n) is 9.89. The summed E-state index contributed by atoms with van der Waals surface area (Å²) < 4.78 is 1.81. The molecule has 0 aliphatic heterocycles. The fourth-order valence-electron chi connectivity index (χ4n) is 1.89. The summed E-state index contributed by atoms with van der Waals surface area (Å²) in [6.45, 7) is 0.590. The van der Waals surface area contributed by atoms with Gasteiger partial charge in [-0.3, -0.25) is 4.79 Å². The maximum Gasteiger partial charge on any atom is 0.239 e. The molecule has 0 aliphatic carbocycles. The number of nitriles is 1. The van der Waals surface area contributed by atoms with Crippen LogP contribution in [-0.2, 0) is 11.3 Å². The molecule has 0 atom stereocenters. The SMILES string of the molecule is N#CCCNC(=O)Cn1ccc2cccc(N)c21. The van der Waals surface area contributed by atoms with Crippen molar-refractivity contribution in [1.82, 2.24) is 9.88 Å². The Hall–Kier alpha value is -2.48. The third-order valence-corrected chi connectivity index (χ3v) is 2.69. The van der Waals surface area contributed by atoms with Crippen LogP contribution in [0.25, 0.3) is 10.9 Å². The average Bonchev–Trinajstić information content (AvgIpc) is 2.74. The molecule has 0 radical (unpaired) electrons. The first-order chi connectivity index (χ1) is 8.72.